The molecule has 0 bridgehead atoms. The van der Waals surface area contributed by atoms with Gasteiger partial charge in [-0.15, -0.1) is 0 Å². The molecule has 0 aromatic carbocycles. The summed E-state index contributed by atoms with van der Waals surface area (Å²) in [7, 11) is 0. The molecule has 0 saturated carbocycles. The standard InChI is InChI=1S/C10H15NO3.C9H13NO3/c1-4-9(12)11-6-5-7-14-10(13)8(2)3;1-4-8(11)10-5-6-13-9(12)7(2)3/h4H,1-2,5-7H2,3H3,(H,11,12);4H,1-2,5-6H2,3H3,(H,10,11). The number of amides is 2. The third-order valence-corrected chi connectivity index (χ3v) is 2.56. The molecular weight excluding hydrogens is 352 g/mol. The molecule has 27 heavy (non-hydrogen) atoms. The van der Waals surface area contributed by atoms with Crippen LogP contribution in [0.15, 0.2) is 49.6 Å². The summed E-state index contributed by atoms with van der Waals surface area (Å²) >= 11 is 0. The Morgan fingerprint density at radius 2 is 1.19 bits per heavy atom. The van der Waals surface area contributed by atoms with Gasteiger partial charge in [0.15, 0.2) is 0 Å². The summed E-state index contributed by atoms with van der Waals surface area (Å²) in [5.74, 6) is -1.37. The Morgan fingerprint density at radius 3 is 1.59 bits per heavy atom. The van der Waals surface area contributed by atoms with Crippen molar-refractivity contribution in [3.8, 4) is 0 Å². The highest BCUT2D eigenvalue weighted by Gasteiger charge is 2.02. The number of rotatable bonds is 11. The third kappa shape index (κ3) is 17.5. The van der Waals surface area contributed by atoms with Crippen LogP contribution in [0.5, 0.6) is 0 Å². The van der Waals surface area contributed by atoms with Gasteiger partial charge in [-0.2, -0.15) is 0 Å². The van der Waals surface area contributed by atoms with E-state index in [-0.39, 0.29) is 31.6 Å². The van der Waals surface area contributed by atoms with Crippen LogP contribution < -0.4 is 10.6 Å². The number of ether oxygens (including phenoxy) is 2. The van der Waals surface area contributed by atoms with Crippen LogP contribution in [0.3, 0.4) is 0 Å². The average molecular weight is 380 g/mol. The van der Waals surface area contributed by atoms with Gasteiger partial charge in [-0.05, 0) is 32.4 Å². The topological polar surface area (TPSA) is 111 Å². The Hall–Kier alpha value is -3.16. The van der Waals surface area contributed by atoms with E-state index in [1.165, 1.54) is 6.08 Å². The lowest BCUT2D eigenvalue weighted by atomic mass is 10.3. The molecule has 0 aromatic heterocycles. The summed E-state index contributed by atoms with van der Waals surface area (Å²) in [4.78, 5) is 42.9. The number of carbonyl (C=O) groups excluding carboxylic acids is 4. The van der Waals surface area contributed by atoms with Gasteiger partial charge in [-0.1, -0.05) is 26.3 Å². The molecule has 0 radical (unpaired) electrons. The molecule has 8 heteroatoms. The van der Waals surface area contributed by atoms with Gasteiger partial charge in [-0.25, -0.2) is 9.59 Å². The van der Waals surface area contributed by atoms with Crippen molar-refractivity contribution < 1.29 is 28.7 Å². The normalized spacial score (nSPS) is 8.81. The van der Waals surface area contributed by atoms with Gasteiger partial charge in [0.05, 0.1) is 13.2 Å². The molecule has 8 nitrogen and oxygen atoms in total. The minimum atomic E-state index is -0.451. The highest BCUT2D eigenvalue weighted by Crippen LogP contribution is 1.92. The van der Waals surface area contributed by atoms with Crippen LogP contribution in [-0.4, -0.2) is 50.1 Å². The fraction of sp³-hybridized carbons (Fsp3) is 0.368. The fourth-order valence-corrected chi connectivity index (χ4v) is 1.16. The Labute approximate surface area is 160 Å². The Bertz CT molecular complexity index is 581. The van der Waals surface area contributed by atoms with Gasteiger partial charge >= 0.3 is 11.9 Å². The second kappa shape index (κ2) is 16.3. The fourth-order valence-electron chi connectivity index (χ4n) is 1.16. The minimum Gasteiger partial charge on any atom is -0.462 e. The first-order chi connectivity index (χ1) is 12.6. The lowest BCUT2D eigenvalue weighted by Crippen LogP contribution is -2.26. The van der Waals surface area contributed by atoms with E-state index in [1.54, 1.807) is 13.8 Å². The maximum absolute atomic E-state index is 10.9. The molecule has 150 valence electrons. The van der Waals surface area contributed by atoms with Crippen LogP contribution in [-0.2, 0) is 28.7 Å². The zero-order valence-electron chi connectivity index (χ0n) is 16.0. The summed E-state index contributed by atoms with van der Waals surface area (Å²) in [5.41, 5.74) is 0.718. The van der Waals surface area contributed by atoms with Crippen molar-refractivity contribution in [3.05, 3.63) is 49.6 Å². The predicted molar refractivity (Wildman–Crippen MR) is 103 cm³/mol. The highest BCUT2D eigenvalue weighted by molar-refractivity contribution is 5.88. The van der Waals surface area contributed by atoms with Gasteiger partial charge in [0.2, 0.25) is 11.8 Å². The summed E-state index contributed by atoms with van der Waals surface area (Å²) in [5, 5.41) is 5.03. The average Bonchev–Trinajstić information content (AvgIpc) is 2.64. The number of nitrogens with one attached hydrogen (secondary N) is 2. The molecule has 0 aliphatic rings. The molecule has 0 heterocycles. The van der Waals surface area contributed by atoms with Gasteiger partial charge < -0.3 is 20.1 Å². The van der Waals surface area contributed by atoms with Crippen molar-refractivity contribution in [1.82, 2.24) is 10.6 Å². The lowest BCUT2D eigenvalue weighted by molar-refractivity contribution is -0.139. The number of esters is 2. The van der Waals surface area contributed by atoms with Crippen molar-refractivity contribution in [3.63, 3.8) is 0 Å². The number of hydrogen-bond acceptors (Lipinski definition) is 6. The first kappa shape index (κ1) is 26.1. The number of hydrogen-bond donors (Lipinski definition) is 2. The van der Waals surface area contributed by atoms with Crippen LogP contribution >= 0.6 is 0 Å². The molecule has 0 aromatic rings. The van der Waals surface area contributed by atoms with Crippen LogP contribution in [0.2, 0.25) is 0 Å². The van der Waals surface area contributed by atoms with Gasteiger partial charge in [-0.3, -0.25) is 9.59 Å². The van der Waals surface area contributed by atoms with Crippen LogP contribution in [0, 0.1) is 0 Å². The molecule has 0 fully saturated rings. The third-order valence-electron chi connectivity index (χ3n) is 2.56. The molecule has 0 atom stereocenters. The maximum atomic E-state index is 10.9. The molecule has 0 saturated heterocycles. The second-order valence-corrected chi connectivity index (χ2v) is 5.18. The van der Waals surface area contributed by atoms with Gasteiger partial charge in [0.25, 0.3) is 0 Å². The molecular formula is C19H28N2O6. The van der Waals surface area contributed by atoms with Crippen molar-refractivity contribution in [2.45, 2.75) is 20.3 Å². The van der Waals surface area contributed by atoms with Crippen LogP contribution in [0.4, 0.5) is 0 Å². The molecule has 0 aliphatic heterocycles. The summed E-state index contributed by atoms with van der Waals surface area (Å²) in [6.45, 7) is 17.7. The second-order valence-electron chi connectivity index (χ2n) is 5.18. The molecule has 0 unspecified atom stereocenters. The van der Waals surface area contributed by atoms with Crippen molar-refractivity contribution in [1.29, 1.82) is 0 Å². The van der Waals surface area contributed by atoms with Crippen molar-refractivity contribution in [2.24, 2.45) is 0 Å². The highest BCUT2D eigenvalue weighted by atomic mass is 16.5. The van der Waals surface area contributed by atoms with Crippen molar-refractivity contribution in [2.75, 3.05) is 26.3 Å². The largest absolute Gasteiger partial charge is 0.462 e. The summed E-state index contributed by atoms with van der Waals surface area (Å²) in [6.07, 6.45) is 2.93. The smallest absolute Gasteiger partial charge is 0.333 e. The monoisotopic (exact) mass is 380 g/mol. The van der Waals surface area contributed by atoms with E-state index in [0.29, 0.717) is 24.1 Å². The van der Waals surface area contributed by atoms with E-state index in [2.05, 4.69) is 36.9 Å². The Morgan fingerprint density at radius 1 is 0.778 bits per heavy atom. The quantitative estimate of drug-likeness (QED) is 0.317. The van der Waals surface area contributed by atoms with E-state index < -0.39 is 11.9 Å². The zero-order valence-corrected chi connectivity index (χ0v) is 16.0. The molecule has 0 spiro atoms. The molecule has 2 amide bonds. The van der Waals surface area contributed by atoms with E-state index >= 15 is 0 Å². The van der Waals surface area contributed by atoms with E-state index in [1.807, 2.05) is 0 Å². The van der Waals surface area contributed by atoms with Gasteiger partial charge in [0, 0.05) is 17.7 Å². The van der Waals surface area contributed by atoms with Crippen LogP contribution in [0.25, 0.3) is 0 Å². The Kier molecular flexibility index (Phi) is 15.8. The van der Waals surface area contributed by atoms with E-state index in [4.69, 9.17) is 9.47 Å². The van der Waals surface area contributed by atoms with E-state index in [9.17, 15) is 19.2 Å². The molecule has 0 rings (SSSR count). The van der Waals surface area contributed by atoms with Gasteiger partial charge in [0.1, 0.15) is 6.61 Å². The molecule has 0 aliphatic carbocycles. The first-order valence-electron chi connectivity index (χ1n) is 8.11. The first-order valence-corrected chi connectivity index (χ1v) is 8.11. The van der Waals surface area contributed by atoms with Crippen LogP contribution in [0.1, 0.15) is 20.3 Å². The van der Waals surface area contributed by atoms with E-state index in [0.717, 1.165) is 6.08 Å². The summed E-state index contributed by atoms with van der Waals surface area (Å²) < 4.78 is 9.51. The lowest BCUT2D eigenvalue weighted by Gasteiger charge is -2.04. The predicted octanol–water partition coefficient (Wildman–Crippen LogP) is 1.21. The SMILES string of the molecule is C=CC(=O)NCCCOC(=O)C(=C)C.C=CC(=O)NCCOC(=O)C(=C)C. The maximum Gasteiger partial charge on any atom is 0.333 e. The zero-order chi connectivity index (χ0) is 21.2. The number of carbonyl (C=O) groups is 4. The summed E-state index contributed by atoms with van der Waals surface area (Å²) in [6, 6.07) is 0. The Balaban J connectivity index is 0. The molecule has 2 N–H and O–H groups in total. The van der Waals surface area contributed by atoms with Crippen molar-refractivity contribution >= 4 is 23.8 Å². The minimum absolute atomic E-state index is 0.144.